The molecule has 1 saturated heterocycles. The molecule has 8 nitrogen and oxygen atoms in total. The number of para-hydroxylation sites is 1. The first kappa shape index (κ1) is 26.0. The second-order valence-electron chi connectivity index (χ2n) is 10.4. The first-order valence-corrected chi connectivity index (χ1v) is 12.7. The van der Waals surface area contributed by atoms with E-state index in [1.165, 1.54) is 0 Å². The third kappa shape index (κ3) is 6.77. The van der Waals surface area contributed by atoms with Crippen molar-refractivity contribution in [1.29, 1.82) is 0 Å². The van der Waals surface area contributed by atoms with Gasteiger partial charge in [0.05, 0.1) is 11.2 Å². The quantitative estimate of drug-likeness (QED) is 0.393. The second kappa shape index (κ2) is 11.3. The topological polar surface area (TPSA) is 69.1 Å². The Morgan fingerprint density at radius 1 is 1.08 bits per heavy atom. The molecule has 0 aliphatic carbocycles. The molecule has 4 rings (SSSR count). The van der Waals surface area contributed by atoms with Crippen molar-refractivity contribution in [3.63, 3.8) is 0 Å². The minimum absolute atomic E-state index is 0.0560. The summed E-state index contributed by atoms with van der Waals surface area (Å²) in [5, 5.41) is 6.05. The lowest BCUT2D eigenvalue weighted by molar-refractivity contribution is -0.0370. The van der Waals surface area contributed by atoms with Crippen molar-refractivity contribution in [2.75, 3.05) is 33.8 Å². The normalized spacial score (nSPS) is 16.3. The predicted molar refractivity (Wildman–Crippen MR) is 140 cm³/mol. The summed E-state index contributed by atoms with van der Waals surface area (Å²) in [5.74, 6) is 1.56. The van der Waals surface area contributed by atoms with E-state index in [4.69, 9.17) is 19.3 Å². The largest absolute Gasteiger partial charge is 0.457 e. The zero-order chi connectivity index (χ0) is 25.7. The molecule has 0 N–H and O–H groups in total. The lowest BCUT2D eigenvalue weighted by atomic mass is 10.1. The Morgan fingerprint density at radius 2 is 1.86 bits per heavy atom. The van der Waals surface area contributed by atoms with Gasteiger partial charge in [0.2, 0.25) is 0 Å². The predicted octanol–water partition coefficient (Wildman–Crippen LogP) is 5.83. The zero-order valence-electron chi connectivity index (χ0n) is 22.1. The Labute approximate surface area is 213 Å². The van der Waals surface area contributed by atoms with Crippen molar-refractivity contribution < 1.29 is 19.0 Å². The molecule has 2 heterocycles. The summed E-state index contributed by atoms with van der Waals surface area (Å²) in [6.07, 6.45) is 2.80. The number of benzene rings is 2. The van der Waals surface area contributed by atoms with Gasteiger partial charge in [-0.3, -0.25) is 4.90 Å². The molecule has 2 aromatic carbocycles. The number of amides is 1. The summed E-state index contributed by atoms with van der Waals surface area (Å²) in [4.78, 5) is 16.1. The van der Waals surface area contributed by atoms with Crippen LogP contribution in [0.1, 0.15) is 52.0 Å². The number of nitrogens with zero attached hydrogens (tertiary/aromatic N) is 4. The van der Waals surface area contributed by atoms with Crippen LogP contribution in [0, 0.1) is 0 Å². The summed E-state index contributed by atoms with van der Waals surface area (Å²) in [6, 6.07) is 15.9. The summed E-state index contributed by atoms with van der Waals surface area (Å²) < 4.78 is 19.7. The molecule has 1 aliphatic rings. The van der Waals surface area contributed by atoms with Gasteiger partial charge in [0.1, 0.15) is 17.1 Å². The first-order valence-electron chi connectivity index (χ1n) is 12.7. The number of likely N-dealkylation sites (N-methyl/N-ethyl adjacent to an activating group) is 2. The number of ether oxygens (including phenoxy) is 3. The fourth-order valence-corrected chi connectivity index (χ4v) is 4.21. The fraction of sp³-hybridized carbons (Fsp3) is 0.500. The van der Waals surface area contributed by atoms with E-state index in [2.05, 4.69) is 17.0 Å². The molecule has 0 bridgehead atoms. The van der Waals surface area contributed by atoms with Crippen LogP contribution in [0.2, 0.25) is 0 Å². The lowest BCUT2D eigenvalue weighted by Gasteiger charge is -2.26. The molecule has 1 atom stereocenters. The first-order chi connectivity index (χ1) is 17.2. The summed E-state index contributed by atoms with van der Waals surface area (Å²) in [5.41, 5.74) is 1.49. The van der Waals surface area contributed by atoms with Crippen molar-refractivity contribution in [2.24, 2.45) is 0 Å². The number of aromatic nitrogens is 2. The summed E-state index contributed by atoms with van der Waals surface area (Å²) in [6.45, 7) is 8.25. The van der Waals surface area contributed by atoms with Crippen molar-refractivity contribution in [3.8, 4) is 11.5 Å². The lowest BCUT2D eigenvalue weighted by Crippen LogP contribution is -2.38. The highest BCUT2D eigenvalue weighted by molar-refractivity contribution is 5.83. The van der Waals surface area contributed by atoms with Gasteiger partial charge in [-0.25, -0.2) is 9.48 Å². The Balaban J connectivity index is 1.52. The molecular formula is C28H38N4O4. The number of carbonyl (C=O) groups is 1. The van der Waals surface area contributed by atoms with Gasteiger partial charge in [0, 0.05) is 38.7 Å². The molecule has 1 aromatic heterocycles. The van der Waals surface area contributed by atoms with Gasteiger partial charge in [-0.05, 0) is 77.4 Å². The third-order valence-corrected chi connectivity index (χ3v) is 6.10. The van der Waals surface area contributed by atoms with Crippen LogP contribution in [0.15, 0.2) is 48.5 Å². The molecule has 8 heteroatoms. The van der Waals surface area contributed by atoms with Crippen LogP contribution in [0.25, 0.3) is 10.9 Å². The SMILES string of the molecule is CN(CCN(C)C(=O)OC(C)(C)C)Cc1nn(C2CCCCO2)c2ccc(Oc3ccccc3)cc12. The number of hydrogen-bond acceptors (Lipinski definition) is 6. The van der Waals surface area contributed by atoms with Crippen LogP contribution in [0.3, 0.4) is 0 Å². The van der Waals surface area contributed by atoms with E-state index in [9.17, 15) is 4.79 Å². The monoisotopic (exact) mass is 494 g/mol. The average Bonchev–Trinajstić information content (AvgIpc) is 3.20. The third-order valence-electron chi connectivity index (χ3n) is 6.10. The van der Waals surface area contributed by atoms with Gasteiger partial charge in [-0.2, -0.15) is 5.10 Å². The van der Waals surface area contributed by atoms with Crippen LogP contribution >= 0.6 is 0 Å². The fourth-order valence-electron chi connectivity index (χ4n) is 4.21. The molecular weight excluding hydrogens is 456 g/mol. The molecule has 1 aliphatic heterocycles. The van der Waals surface area contributed by atoms with Gasteiger partial charge in [-0.15, -0.1) is 0 Å². The minimum atomic E-state index is -0.510. The zero-order valence-corrected chi connectivity index (χ0v) is 22.1. The van der Waals surface area contributed by atoms with Crippen LogP contribution in [-0.2, 0) is 16.0 Å². The van der Waals surface area contributed by atoms with E-state index >= 15 is 0 Å². The highest BCUT2D eigenvalue weighted by Crippen LogP contribution is 2.32. The summed E-state index contributed by atoms with van der Waals surface area (Å²) in [7, 11) is 3.80. The van der Waals surface area contributed by atoms with E-state index in [0.717, 1.165) is 54.0 Å². The van der Waals surface area contributed by atoms with Crippen LogP contribution in [0.4, 0.5) is 4.79 Å². The highest BCUT2D eigenvalue weighted by Gasteiger charge is 2.23. The Bertz CT molecular complexity index is 1150. The van der Waals surface area contributed by atoms with E-state index in [1.807, 2.05) is 68.9 Å². The Morgan fingerprint density at radius 3 is 2.56 bits per heavy atom. The Kier molecular flexibility index (Phi) is 8.16. The van der Waals surface area contributed by atoms with Crippen molar-refractivity contribution in [2.45, 2.75) is 58.4 Å². The minimum Gasteiger partial charge on any atom is -0.457 e. The number of rotatable bonds is 8. The summed E-state index contributed by atoms with van der Waals surface area (Å²) >= 11 is 0. The van der Waals surface area contributed by atoms with Crippen molar-refractivity contribution in [3.05, 3.63) is 54.2 Å². The van der Waals surface area contributed by atoms with E-state index in [0.29, 0.717) is 19.6 Å². The second-order valence-corrected chi connectivity index (χ2v) is 10.4. The molecule has 3 aromatic rings. The maximum atomic E-state index is 12.3. The van der Waals surface area contributed by atoms with Gasteiger partial charge >= 0.3 is 6.09 Å². The number of hydrogen-bond donors (Lipinski definition) is 0. The highest BCUT2D eigenvalue weighted by atomic mass is 16.6. The molecule has 194 valence electrons. The number of carbonyl (C=O) groups excluding carboxylic acids is 1. The standard InChI is InChI=1S/C28H38N4O4/c1-28(2,3)36-27(33)31(5)17-16-30(4)20-24-23-19-22(35-21-11-7-6-8-12-21)14-15-25(23)32(29-24)26-13-9-10-18-34-26/h6-8,11-12,14-15,19,26H,9-10,13,16-18,20H2,1-5H3. The smallest absolute Gasteiger partial charge is 0.410 e. The van der Waals surface area contributed by atoms with Crippen molar-refractivity contribution >= 4 is 17.0 Å². The molecule has 1 fully saturated rings. The van der Waals surface area contributed by atoms with E-state index in [1.54, 1.807) is 11.9 Å². The molecule has 1 amide bonds. The number of fused-ring (bicyclic) bond motifs is 1. The van der Waals surface area contributed by atoms with Crippen LogP contribution in [-0.4, -0.2) is 65.1 Å². The van der Waals surface area contributed by atoms with Gasteiger partial charge in [-0.1, -0.05) is 18.2 Å². The molecule has 36 heavy (non-hydrogen) atoms. The van der Waals surface area contributed by atoms with Crippen LogP contribution in [0.5, 0.6) is 11.5 Å². The maximum absolute atomic E-state index is 12.3. The maximum Gasteiger partial charge on any atom is 0.410 e. The Hall–Kier alpha value is -3.10. The van der Waals surface area contributed by atoms with Gasteiger partial charge in [0.25, 0.3) is 0 Å². The van der Waals surface area contributed by atoms with E-state index < -0.39 is 5.60 Å². The molecule has 0 saturated carbocycles. The van der Waals surface area contributed by atoms with Gasteiger partial charge < -0.3 is 19.1 Å². The van der Waals surface area contributed by atoms with Crippen LogP contribution < -0.4 is 4.74 Å². The molecule has 0 spiro atoms. The average molecular weight is 495 g/mol. The van der Waals surface area contributed by atoms with E-state index in [-0.39, 0.29) is 12.3 Å². The van der Waals surface area contributed by atoms with Gasteiger partial charge in [0.15, 0.2) is 6.23 Å². The molecule has 0 radical (unpaired) electrons. The molecule has 1 unspecified atom stereocenters. The van der Waals surface area contributed by atoms with Crippen molar-refractivity contribution in [1.82, 2.24) is 19.6 Å².